The molecular weight excluding hydrogens is 304 g/mol. The smallest absolute Gasteiger partial charge is 0.267 e. The summed E-state index contributed by atoms with van der Waals surface area (Å²) in [6, 6.07) is 20.4. The summed E-state index contributed by atoms with van der Waals surface area (Å²) in [7, 11) is 0. The second-order valence-electron chi connectivity index (χ2n) is 6.63. The van der Waals surface area contributed by atoms with Crippen LogP contribution in [0.1, 0.15) is 30.4 Å². The first-order valence-corrected chi connectivity index (χ1v) is 8.44. The Kier molecular flexibility index (Phi) is 4.98. The molecule has 0 N–H and O–H groups in total. The van der Waals surface area contributed by atoms with Crippen molar-refractivity contribution in [2.24, 2.45) is 0 Å². The zero-order chi connectivity index (χ0) is 17.0. The van der Waals surface area contributed by atoms with E-state index in [0.717, 1.165) is 6.42 Å². The number of likely N-dealkylation sites (tertiary alicyclic amines) is 1. The summed E-state index contributed by atoms with van der Waals surface area (Å²) < 4.78 is 27.1. The lowest BCUT2D eigenvalue weighted by atomic mass is 9.92. The fraction of sp³-hybridized carbons (Fsp3) is 0.333. The molecule has 0 saturated carbocycles. The monoisotopic (exact) mass is 327 g/mol. The molecule has 3 rings (SSSR count). The van der Waals surface area contributed by atoms with Gasteiger partial charge in [0.05, 0.1) is 6.54 Å². The summed E-state index contributed by atoms with van der Waals surface area (Å²) in [6.07, 6.45) is 4.73. The van der Waals surface area contributed by atoms with Crippen molar-refractivity contribution >= 4 is 0 Å². The van der Waals surface area contributed by atoms with E-state index in [1.54, 1.807) is 4.90 Å². The van der Waals surface area contributed by atoms with Crippen LogP contribution in [0.5, 0.6) is 0 Å². The van der Waals surface area contributed by atoms with Crippen molar-refractivity contribution < 1.29 is 8.78 Å². The molecule has 1 aliphatic rings. The first-order valence-electron chi connectivity index (χ1n) is 8.44. The topological polar surface area (TPSA) is 3.24 Å². The van der Waals surface area contributed by atoms with Gasteiger partial charge in [0.1, 0.15) is 0 Å². The molecule has 0 bridgehead atoms. The average molecular weight is 327 g/mol. The van der Waals surface area contributed by atoms with E-state index in [0.29, 0.717) is 0 Å². The van der Waals surface area contributed by atoms with Gasteiger partial charge in [0.25, 0.3) is 5.92 Å². The highest BCUT2D eigenvalue weighted by atomic mass is 19.3. The fourth-order valence-corrected chi connectivity index (χ4v) is 3.32. The van der Waals surface area contributed by atoms with Crippen LogP contribution in [0.2, 0.25) is 0 Å². The second-order valence-corrected chi connectivity index (χ2v) is 6.63. The van der Waals surface area contributed by atoms with E-state index in [9.17, 15) is 8.78 Å². The average Bonchev–Trinajstić information content (AvgIpc) is 2.85. The molecule has 0 amide bonds. The van der Waals surface area contributed by atoms with Crippen LogP contribution in [0.15, 0.2) is 72.9 Å². The molecule has 24 heavy (non-hydrogen) atoms. The summed E-state index contributed by atoms with van der Waals surface area (Å²) in [4.78, 5) is 1.76. The molecule has 1 saturated heterocycles. The highest BCUT2D eigenvalue weighted by molar-refractivity contribution is 5.28. The van der Waals surface area contributed by atoms with E-state index in [1.165, 1.54) is 11.1 Å². The molecule has 1 aliphatic heterocycles. The molecule has 2 aromatic rings. The van der Waals surface area contributed by atoms with E-state index in [1.807, 2.05) is 49.5 Å². The van der Waals surface area contributed by atoms with Crippen LogP contribution in [0.25, 0.3) is 0 Å². The molecule has 0 aliphatic carbocycles. The largest absolute Gasteiger partial charge is 0.369 e. The quantitative estimate of drug-likeness (QED) is 0.724. The van der Waals surface area contributed by atoms with Gasteiger partial charge in [0.2, 0.25) is 0 Å². The number of halogens is 2. The Balaban J connectivity index is 1.79. The van der Waals surface area contributed by atoms with Gasteiger partial charge in [-0.25, -0.2) is 8.78 Å². The molecule has 126 valence electrons. The molecule has 0 aromatic heterocycles. The molecule has 2 aromatic carbocycles. The number of benzene rings is 2. The summed E-state index contributed by atoms with van der Waals surface area (Å²) in [5, 5.41) is 0. The molecule has 0 spiro atoms. The zero-order valence-electron chi connectivity index (χ0n) is 13.9. The third kappa shape index (κ3) is 4.22. The maximum absolute atomic E-state index is 13.6. The maximum atomic E-state index is 13.6. The molecule has 1 fully saturated rings. The van der Waals surface area contributed by atoms with Gasteiger partial charge in [-0.3, -0.25) is 0 Å². The third-order valence-corrected chi connectivity index (χ3v) is 4.61. The highest BCUT2D eigenvalue weighted by Gasteiger charge is 2.41. The number of hydrogen-bond acceptors (Lipinski definition) is 1. The van der Waals surface area contributed by atoms with Gasteiger partial charge in [-0.1, -0.05) is 66.7 Å². The van der Waals surface area contributed by atoms with Gasteiger partial charge in [-0.15, -0.1) is 0 Å². The Morgan fingerprint density at radius 2 is 1.71 bits per heavy atom. The normalized spacial score (nSPS) is 21.3. The number of rotatable bonds is 5. The Labute approximate surface area is 142 Å². The summed E-state index contributed by atoms with van der Waals surface area (Å²) >= 11 is 0. The summed E-state index contributed by atoms with van der Waals surface area (Å²) in [6.45, 7) is 1.68. The van der Waals surface area contributed by atoms with E-state index in [-0.39, 0.29) is 24.9 Å². The number of allylic oxidation sites excluding steroid dienone is 1. The molecular formula is C21H23F2N. The van der Waals surface area contributed by atoms with Crippen LogP contribution in [0.3, 0.4) is 0 Å². The predicted octanol–water partition coefficient (Wildman–Crippen LogP) is 5.26. The van der Waals surface area contributed by atoms with Gasteiger partial charge in [0, 0.05) is 18.4 Å². The Bertz CT molecular complexity index is 667. The predicted molar refractivity (Wildman–Crippen MR) is 94.2 cm³/mol. The zero-order valence-corrected chi connectivity index (χ0v) is 13.9. The molecule has 2 atom stereocenters. The van der Waals surface area contributed by atoms with E-state index < -0.39 is 5.92 Å². The lowest BCUT2D eigenvalue weighted by molar-refractivity contribution is 0.0155. The number of hydrogen-bond donors (Lipinski definition) is 0. The lowest BCUT2D eigenvalue weighted by Crippen LogP contribution is -2.23. The fourth-order valence-electron chi connectivity index (χ4n) is 3.32. The minimum atomic E-state index is -2.58. The van der Waals surface area contributed by atoms with Crippen LogP contribution < -0.4 is 0 Å². The van der Waals surface area contributed by atoms with Crippen LogP contribution in [-0.4, -0.2) is 23.4 Å². The van der Waals surface area contributed by atoms with Crippen LogP contribution in [-0.2, 0) is 6.42 Å². The van der Waals surface area contributed by atoms with Gasteiger partial charge in [-0.05, 0) is 30.7 Å². The standard InChI is InChI=1S/C21H23F2N/c1-17-15-21(22,23)16-24(17)13-12-20(19-10-6-3-7-11-19)14-18-8-4-2-5-9-18/h2-13,17,20H,14-16H2,1H3/b13-12+/t17-,20?/m1/s1. The summed E-state index contributed by atoms with van der Waals surface area (Å²) in [5.74, 6) is -2.40. The van der Waals surface area contributed by atoms with Crippen molar-refractivity contribution in [3.63, 3.8) is 0 Å². The van der Waals surface area contributed by atoms with Crippen molar-refractivity contribution in [3.05, 3.63) is 84.1 Å². The van der Waals surface area contributed by atoms with E-state index in [4.69, 9.17) is 0 Å². The maximum Gasteiger partial charge on any atom is 0.267 e. The number of nitrogens with zero attached hydrogens (tertiary/aromatic N) is 1. The van der Waals surface area contributed by atoms with E-state index >= 15 is 0 Å². The van der Waals surface area contributed by atoms with Gasteiger partial charge >= 0.3 is 0 Å². The lowest BCUT2D eigenvalue weighted by Gasteiger charge is -2.20. The molecule has 1 nitrogen and oxygen atoms in total. The van der Waals surface area contributed by atoms with Crippen LogP contribution in [0.4, 0.5) is 8.78 Å². The van der Waals surface area contributed by atoms with Gasteiger partial charge in [-0.2, -0.15) is 0 Å². The first kappa shape index (κ1) is 16.7. The Morgan fingerprint density at radius 1 is 1.08 bits per heavy atom. The SMILES string of the molecule is C[C@@H]1CC(F)(F)CN1/C=C/C(Cc1ccccc1)c1ccccc1. The first-order chi connectivity index (χ1) is 11.5. The second kappa shape index (κ2) is 7.16. The molecule has 1 unspecified atom stereocenters. The highest BCUT2D eigenvalue weighted by Crippen LogP contribution is 2.32. The van der Waals surface area contributed by atoms with Crippen molar-refractivity contribution in [2.45, 2.75) is 37.6 Å². The Morgan fingerprint density at radius 3 is 2.29 bits per heavy atom. The van der Waals surface area contributed by atoms with Crippen molar-refractivity contribution in [3.8, 4) is 0 Å². The minimum absolute atomic E-state index is 0.0635. The molecule has 3 heteroatoms. The van der Waals surface area contributed by atoms with Crippen molar-refractivity contribution in [1.82, 2.24) is 4.90 Å². The molecule has 0 radical (unpaired) electrons. The molecule has 1 heterocycles. The third-order valence-electron chi connectivity index (χ3n) is 4.61. The minimum Gasteiger partial charge on any atom is -0.369 e. The van der Waals surface area contributed by atoms with E-state index in [2.05, 4.69) is 30.3 Å². The number of alkyl halides is 2. The van der Waals surface area contributed by atoms with Crippen LogP contribution >= 0.6 is 0 Å². The Hall–Kier alpha value is -2.16. The van der Waals surface area contributed by atoms with Crippen molar-refractivity contribution in [2.75, 3.05) is 6.54 Å². The summed E-state index contributed by atoms with van der Waals surface area (Å²) in [5.41, 5.74) is 2.45. The van der Waals surface area contributed by atoms with Crippen LogP contribution in [0, 0.1) is 0 Å². The van der Waals surface area contributed by atoms with Gasteiger partial charge in [0.15, 0.2) is 0 Å². The van der Waals surface area contributed by atoms with Gasteiger partial charge < -0.3 is 4.90 Å². The van der Waals surface area contributed by atoms with Crippen molar-refractivity contribution in [1.29, 1.82) is 0 Å².